The number of rotatable bonds is 7. The van der Waals surface area contributed by atoms with Gasteiger partial charge in [-0.05, 0) is 64.5 Å². The van der Waals surface area contributed by atoms with E-state index in [9.17, 15) is 10.2 Å². The minimum absolute atomic E-state index is 0.156. The zero-order valence-corrected chi connectivity index (χ0v) is 17.3. The van der Waals surface area contributed by atoms with Crippen LogP contribution in [0.25, 0.3) is 0 Å². The quantitative estimate of drug-likeness (QED) is 0.770. The van der Waals surface area contributed by atoms with Gasteiger partial charge in [0.05, 0.1) is 6.10 Å². The average Bonchev–Trinajstić information content (AvgIpc) is 2.54. The first-order chi connectivity index (χ1) is 12.1. The molecule has 2 atom stereocenters. The average molecular weight is 364 g/mol. The van der Waals surface area contributed by atoms with Crippen LogP contribution in [0.3, 0.4) is 0 Å². The monoisotopic (exact) mass is 363 g/mol. The Morgan fingerprint density at radius 2 is 1.73 bits per heavy atom. The molecular formula is C22H37NO3. The standard InChI is InChI=1S/C22H37NO3/c1-7-16(2)19-10-8-9-11-20(19)26-15-18(25)14-23-21(3,4)12-17(24)13-22(23,5)6/h8-11,16-18,24-25H,7,12-15H2,1-6H3/t16-,18+/m0/s1. The Balaban J connectivity index is 2.02. The highest BCUT2D eigenvalue weighted by atomic mass is 16.5. The van der Waals surface area contributed by atoms with Crippen molar-refractivity contribution in [3.05, 3.63) is 29.8 Å². The summed E-state index contributed by atoms with van der Waals surface area (Å²) in [5, 5.41) is 20.8. The predicted octanol–water partition coefficient (Wildman–Crippen LogP) is 3.95. The van der Waals surface area contributed by atoms with E-state index in [1.54, 1.807) is 0 Å². The second-order valence-electron chi connectivity index (χ2n) is 9.11. The molecule has 1 heterocycles. The summed E-state index contributed by atoms with van der Waals surface area (Å²) in [4.78, 5) is 2.32. The number of para-hydroxylation sites is 1. The minimum Gasteiger partial charge on any atom is -0.491 e. The molecule has 2 N–H and O–H groups in total. The van der Waals surface area contributed by atoms with Crippen molar-refractivity contribution in [1.29, 1.82) is 0 Å². The molecule has 0 spiro atoms. The van der Waals surface area contributed by atoms with E-state index < -0.39 is 6.10 Å². The fraction of sp³-hybridized carbons (Fsp3) is 0.727. The maximum absolute atomic E-state index is 10.7. The molecule has 1 aromatic rings. The van der Waals surface area contributed by atoms with Crippen LogP contribution in [0.5, 0.6) is 5.75 Å². The first-order valence-electron chi connectivity index (χ1n) is 9.92. The number of likely N-dealkylation sites (tertiary alicyclic amines) is 1. The van der Waals surface area contributed by atoms with E-state index in [4.69, 9.17) is 4.74 Å². The molecule has 0 saturated carbocycles. The van der Waals surface area contributed by atoms with Gasteiger partial charge >= 0.3 is 0 Å². The van der Waals surface area contributed by atoms with Crippen LogP contribution in [-0.4, -0.2) is 51.6 Å². The lowest BCUT2D eigenvalue weighted by Gasteiger charge is -2.55. The maximum Gasteiger partial charge on any atom is 0.122 e. The van der Waals surface area contributed by atoms with Crippen molar-refractivity contribution in [2.75, 3.05) is 13.2 Å². The summed E-state index contributed by atoms with van der Waals surface area (Å²) in [6.07, 6.45) is 1.64. The van der Waals surface area contributed by atoms with Crippen LogP contribution in [0.1, 0.15) is 72.3 Å². The Morgan fingerprint density at radius 1 is 1.15 bits per heavy atom. The van der Waals surface area contributed by atoms with Crippen molar-refractivity contribution < 1.29 is 14.9 Å². The normalized spacial score (nSPS) is 22.8. The molecule has 1 aliphatic rings. The molecule has 4 heteroatoms. The molecular weight excluding hydrogens is 326 g/mol. The number of nitrogens with zero attached hydrogens (tertiary/aromatic N) is 1. The van der Waals surface area contributed by atoms with Gasteiger partial charge in [0.15, 0.2) is 0 Å². The Kier molecular flexibility index (Phi) is 6.75. The van der Waals surface area contributed by atoms with Gasteiger partial charge in [0, 0.05) is 17.6 Å². The first kappa shape index (κ1) is 21.2. The van der Waals surface area contributed by atoms with Crippen LogP contribution in [0, 0.1) is 0 Å². The highest BCUT2D eigenvalue weighted by molar-refractivity contribution is 5.35. The van der Waals surface area contributed by atoms with Gasteiger partial charge in [0.25, 0.3) is 0 Å². The summed E-state index contributed by atoms with van der Waals surface area (Å²) >= 11 is 0. The molecule has 26 heavy (non-hydrogen) atoms. The molecule has 1 aromatic carbocycles. The van der Waals surface area contributed by atoms with E-state index in [1.807, 2.05) is 18.2 Å². The van der Waals surface area contributed by atoms with Crippen LogP contribution in [-0.2, 0) is 0 Å². The number of aliphatic hydroxyl groups is 2. The maximum atomic E-state index is 10.7. The van der Waals surface area contributed by atoms with Crippen LogP contribution in [0.4, 0.5) is 0 Å². The Hall–Kier alpha value is -1.10. The molecule has 2 rings (SSSR count). The molecule has 0 radical (unpaired) electrons. The van der Waals surface area contributed by atoms with E-state index in [2.05, 4.69) is 52.5 Å². The smallest absolute Gasteiger partial charge is 0.122 e. The third kappa shape index (κ3) is 4.99. The van der Waals surface area contributed by atoms with E-state index in [0.717, 1.165) is 25.0 Å². The van der Waals surface area contributed by atoms with E-state index in [1.165, 1.54) is 5.56 Å². The number of piperidine rings is 1. The number of hydrogen-bond donors (Lipinski definition) is 2. The highest BCUT2D eigenvalue weighted by Crippen LogP contribution is 2.38. The summed E-state index contributed by atoms with van der Waals surface area (Å²) in [6, 6.07) is 8.11. The van der Waals surface area contributed by atoms with Crippen LogP contribution in [0.15, 0.2) is 24.3 Å². The van der Waals surface area contributed by atoms with Gasteiger partial charge in [0.1, 0.15) is 18.5 Å². The van der Waals surface area contributed by atoms with Crippen molar-refractivity contribution in [2.45, 2.75) is 90.0 Å². The van der Waals surface area contributed by atoms with Gasteiger partial charge in [-0.2, -0.15) is 0 Å². The topological polar surface area (TPSA) is 52.9 Å². The Bertz CT molecular complexity index is 567. The van der Waals surface area contributed by atoms with Crippen molar-refractivity contribution >= 4 is 0 Å². The number of hydrogen-bond acceptors (Lipinski definition) is 4. The van der Waals surface area contributed by atoms with Crippen molar-refractivity contribution in [1.82, 2.24) is 4.90 Å². The molecule has 0 aromatic heterocycles. The minimum atomic E-state index is -0.575. The number of ether oxygens (including phenoxy) is 1. The third-order valence-corrected chi connectivity index (χ3v) is 5.82. The molecule has 4 nitrogen and oxygen atoms in total. The molecule has 0 unspecified atom stereocenters. The molecule has 0 amide bonds. The summed E-state index contributed by atoms with van der Waals surface area (Å²) in [6.45, 7) is 13.8. The largest absolute Gasteiger partial charge is 0.491 e. The Labute approximate surface area is 159 Å². The van der Waals surface area contributed by atoms with Gasteiger partial charge in [-0.3, -0.25) is 4.90 Å². The van der Waals surface area contributed by atoms with E-state index in [-0.39, 0.29) is 23.8 Å². The third-order valence-electron chi connectivity index (χ3n) is 5.82. The SMILES string of the molecule is CC[C@H](C)c1ccccc1OC[C@H](O)CN1C(C)(C)CC(O)CC1(C)C. The summed E-state index contributed by atoms with van der Waals surface area (Å²) in [5.74, 6) is 1.30. The van der Waals surface area contributed by atoms with Gasteiger partial charge in [0.2, 0.25) is 0 Å². The van der Waals surface area contributed by atoms with E-state index >= 15 is 0 Å². The number of benzene rings is 1. The fourth-order valence-electron chi connectivity index (χ4n) is 4.45. The van der Waals surface area contributed by atoms with Crippen LogP contribution >= 0.6 is 0 Å². The molecule has 1 aliphatic heterocycles. The Morgan fingerprint density at radius 3 is 2.31 bits per heavy atom. The summed E-state index contributed by atoms with van der Waals surface area (Å²) < 4.78 is 5.99. The zero-order chi connectivity index (χ0) is 19.5. The van der Waals surface area contributed by atoms with Gasteiger partial charge in [-0.25, -0.2) is 0 Å². The van der Waals surface area contributed by atoms with Gasteiger partial charge in [-0.15, -0.1) is 0 Å². The molecule has 1 fully saturated rings. The number of aliphatic hydroxyl groups excluding tert-OH is 2. The van der Waals surface area contributed by atoms with Crippen molar-refractivity contribution in [3.8, 4) is 5.75 Å². The second-order valence-corrected chi connectivity index (χ2v) is 9.11. The highest BCUT2D eigenvalue weighted by Gasteiger charge is 2.45. The molecule has 0 aliphatic carbocycles. The summed E-state index contributed by atoms with van der Waals surface area (Å²) in [7, 11) is 0. The van der Waals surface area contributed by atoms with Gasteiger partial charge in [-0.1, -0.05) is 32.0 Å². The van der Waals surface area contributed by atoms with Gasteiger partial charge < -0.3 is 14.9 Å². The predicted molar refractivity (Wildman–Crippen MR) is 107 cm³/mol. The molecule has 0 bridgehead atoms. The lowest BCUT2D eigenvalue weighted by molar-refractivity contribution is -0.1000. The van der Waals surface area contributed by atoms with E-state index in [0.29, 0.717) is 12.5 Å². The fourth-order valence-corrected chi connectivity index (χ4v) is 4.45. The lowest BCUT2D eigenvalue weighted by Crippen LogP contribution is -2.63. The summed E-state index contributed by atoms with van der Waals surface area (Å²) in [5.41, 5.74) is 0.886. The zero-order valence-electron chi connectivity index (χ0n) is 17.3. The molecule has 148 valence electrons. The number of β-amino-alcohol motifs (C(OH)–C–C–N with tert-alkyl or cyclic N) is 1. The van der Waals surface area contributed by atoms with Crippen LogP contribution < -0.4 is 4.74 Å². The van der Waals surface area contributed by atoms with Crippen molar-refractivity contribution in [3.63, 3.8) is 0 Å². The molecule has 1 saturated heterocycles. The van der Waals surface area contributed by atoms with Crippen LogP contribution in [0.2, 0.25) is 0 Å². The van der Waals surface area contributed by atoms with Crippen molar-refractivity contribution in [2.24, 2.45) is 0 Å². The second kappa shape index (κ2) is 8.28. The first-order valence-corrected chi connectivity index (χ1v) is 9.92. The lowest BCUT2D eigenvalue weighted by atomic mass is 9.78.